The molecule has 14 nitrogen and oxygen atoms in total. The number of carboxylic acid groups (broad SMARTS) is 1. The molecule has 0 bridgehead atoms. The summed E-state index contributed by atoms with van der Waals surface area (Å²) in [6.45, 7) is -1.62. The van der Waals surface area contributed by atoms with Gasteiger partial charge < -0.3 is 35.6 Å². The fourth-order valence-electron chi connectivity index (χ4n) is 2.90. The average Bonchev–Trinajstić information content (AvgIpc) is 3.39. The third kappa shape index (κ3) is 4.37. The van der Waals surface area contributed by atoms with E-state index in [0.29, 0.717) is 0 Å². The summed E-state index contributed by atoms with van der Waals surface area (Å²) in [4.78, 5) is 62.5. The van der Waals surface area contributed by atoms with Crippen molar-refractivity contribution in [1.82, 2.24) is 15.4 Å². The topological polar surface area (TPSA) is 206 Å². The Bertz CT molecular complexity index is 940. The number of carbonyl (C=O) groups is 4. The van der Waals surface area contributed by atoms with Crippen molar-refractivity contribution in [2.24, 2.45) is 5.16 Å². The van der Waals surface area contributed by atoms with Crippen molar-refractivity contribution in [2.75, 3.05) is 26.1 Å². The molecule has 1 aromatic heterocycles. The molecule has 4 N–H and O–H groups in total. The zero-order valence-electron chi connectivity index (χ0n) is 16.4. The molecule has 2 aliphatic heterocycles. The van der Waals surface area contributed by atoms with Crippen molar-refractivity contribution in [3.63, 3.8) is 0 Å². The Morgan fingerprint density at radius 2 is 2.23 bits per heavy atom. The van der Waals surface area contributed by atoms with Gasteiger partial charge in [-0.25, -0.2) is 4.98 Å². The number of nitrogens with one attached hydrogen (secondary N) is 1. The van der Waals surface area contributed by atoms with E-state index < -0.39 is 54.7 Å². The van der Waals surface area contributed by atoms with Crippen molar-refractivity contribution in [3.05, 3.63) is 11.1 Å². The number of aromatic nitrogens is 1. The third-order valence-electron chi connectivity index (χ3n) is 4.42. The number of hydrogen-bond donors (Lipinski definition) is 3. The predicted molar refractivity (Wildman–Crippen MR) is 93.9 cm³/mol. The second-order valence-electron chi connectivity index (χ2n) is 6.31. The molecule has 1 aromatic rings. The molecule has 2 atom stereocenters. The SMILES string of the molecule is CON=C(C(=O)NC1(CO)CON(C2(C(=O)[O-])CCC(=O)O2)C1=O)c1csc(N)n1.[Na+]. The minimum Gasteiger partial charge on any atom is -0.544 e. The fourth-order valence-corrected chi connectivity index (χ4v) is 3.45. The second kappa shape index (κ2) is 9.46. The third-order valence-corrected chi connectivity index (χ3v) is 5.09. The summed E-state index contributed by atoms with van der Waals surface area (Å²) in [6.07, 6.45) is -0.723. The van der Waals surface area contributed by atoms with Gasteiger partial charge in [0.2, 0.25) is 0 Å². The molecule has 0 aromatic carbocycles. The number of carboxylic acids is 1. The maximum atomic E-state index is 13.0. The van der Waals surface area contributed by atoms with Gasteiger partial charge in [0.1, 0.15) is 25.4 Å². The van der Waals surface area contributed by atoms with Crippen molar-refractivity contribution in [3.8, 4) is 0 Å². The van der Waals surface area contributed by atoms with E-state index in [-0.39, 0.29) is 57.6 Å². The number of hydrogen-bond acceptors (Lipinski definition) is 13. The number of carbonyl (C=O) groups excluding carboxylic acids is 4. The maximum absolute atomic E-state index is 13.0. The first-order valence-electron chi connectivity index (χ1n) is 8.36. The van der Waals surface area contributed by atoms with E-state index in [1.54, 1.807) is 0 Å². The van der Waals surface area contributed by atoms with Crippen LogP contribution in [-0.4, -0.2) is 76.2 Å². The van der Waals surface area contributed by atoms with Crippen molar-refractivity contribution < 1.29 is 73.4 Å². The largest absolute Gasteiger partial charge is 1.00 e. The number of esters is 1. The minimum atomic E-state index is -2.51. The molecule has 0 saturated carbocycles. The van der Waals surface area contributed by atoms with Crippen LogP contribution in [0.25, 0.3) is 0 Å². The molecule has 2 unspecified atom stereocenters. The Kier molecular flexibility index (Phi) is 7.61. The van der Waals surface area contributed by atoms with Gasteiger partial charge in [0.05, 0.1) is 13.0 Å². The van der Waals surface area contributed by atoms with Gasteiger partial charge in [0.25, 0.3) is 17.5 Å². The normalized spacial score (nSPS) is 25.7. The molecule has 2 amide bonds. The first-order valence-corrected chi connectivity index (χ1v) is 9.24. The number of aliphatic hydroxyl groups is 1. The smallest absolute Gasteiger partial charge is 0.544 e. The molecule has 3 rings (SSSR count). The average molecular weight is 465 g/mol. The van der Waals surface area contributed by atoms with E-state index >= 15 is 0 Å². The number of aliphatic hydroxyl groups excluding tert-OH is 1. The van der Waals surface area contributed by atoms with Crippen LogP contribution in [0.15, 0.2) is 10.5 Å². The summed E-state index contributed by atoms with van der Waals surface area (Å²) >= 11 is 1.02. The number of amides is 2. The van der Waals surface area contributed by atoms with E-state index in [4.69, 9.17) is 15.3 Å². The van der Waals surface area contributed by atoms with Crippen LogP contribution >= 0.6 is 11.3 Å². The summed E-state index contributed by atoms with van der Waals surface area (Å²) in [5.74, 6) is -4.91. The first kappa shape index (κ1) is 25.0. The molecule has 2 aliphatic rings. The van der Waals surface area contributed by atoms with E-state index in [1.165, 1.54) is 12.5 Å². The van der Waals surface area contributed by atoms with Crippen LogP contribution in [0.5, 0.6) is 0 Å². The number of ether oxygens (including phenoxy) is 1. The van der Waals surface area contributed by atoms with E-state index in [2.05, 4.69) is 20.3 Å². The van der Waals surface area contributed by atoms with E-state index in [9.17, 15) is 29.4 Å². The number of anilines is 1. The summed E-state index contributed by atoms with van der Waals surface area (Å²) in [5.41, 5.74) is 0.635. The molecule has 162 valence electrons. The van der Waals surface area contributed by atoms with Crippen LogP contribution < -0.4 is 45.7 Å². The summed E-state index contributed by atoms with van der Waals surface area (Å²) < 4.78 is 4.78. The van der Waals surface area contributed by atoms with E-state index in [1.807, 2.05) is 0 Å². The van der Waals surface area contributed by atoms with Gasteiger partial charge in [0.15, 0.2) is 16.4 Å². The van der Waals surface area contributed by atoms with Crippen molar-refractivity contribution >= 4 is 45.9 Å². The predicted octanol–water partition coefficient (Wildman–Crippen LogP) is -6.52. The van der Waals surface area contributed by atoms with Crippen LogP contribution in [-0.2, 0) is 33.6 Å². The number of rotatable bonds is 7. The molecule has 16 heteroatoms. The van der Waals surface area contributed by atoms with Gasteiger partial charge in [0, 0.05) is 11.8 Å². The van der Waals surface area contributed by atoms with Crippen LogP contribution in [0.4, 0.5) is 5.13 Å². The molecule has 0 radical (unpaired) electrons. The van der Waals surface area contributed by atoms with Crippen LogP contribution in [0.3, 0.4) is 0 Å². The van der Waals surface area contributed by atoms with Crippen LogP contribution in [0, 0.1) is 0 Å². The maximum Gasteiger partial charge on any atom is 1.00 e. The van der Waals surface area contributed by atoms with Gasteiger partial charge in [-0.05, 0) is 0 Å². The fraction of sp³-hybridized carbons (Fsp3) is 0.467. The van der Waals surface area contributed by atoms with Gasteiger partial charge in [-0.1, -0.05) is 5.16 Å². The van der Waals surface area contributed by atoms with E-state index in [0.717, 1.165) is 11.3 Å². The Balaban J connectivity index is 0.00000341. The summed E-state index contributed by atoms with van der Waals surface area (Å²) in [6, 6.07) is 0. The Morgan fingerprint density at radius 3 is 2.71 bits per heavy atom. The van der Waals surface area contributed by atoms with Crippen molar-refractivity contribution in [2.45, 2.75) is 24.1 Å². The molecule has 0 aliphatic carbocycles. The van der Waals surface area contributed by atoms with Crippen LogP contribution in [0.1, 0.15) is 18.5 Å². The number of nitrogen functional groups attached to an aromatic ring is 1. The van der Waals surface area contributed by atoms with Gasteiger partial charge in [-0.15, -0.1) is 11.3 Å². The van der Waals surface area contributed by atoms with Gasteiger partial charge in [-0.3, -0.25) is 19.2 Å². The monoisotopic (exact) mass is 465 g/mol. The number of oxime groups is 1. The summed E-state index contributed by atoms with van der Waals surface area (Å²) in [5, 5.41) is 29.1. The molecule has 31 heavy (non-hydrogen) atoms. The van der Waals surface area contributed by atoms with Gasteiger partial charge in [-0.2, -0.15) is 5.06 Å². The van der Waals surface area contributed by atoms with Gasteiger partial charge >= 0.3 is 35.5 Å². The quantitative estimate of drug-likeness (QED) is 0.149. The van der Waals surface area contributed by atoms with Crippen molar-refractivity contribution in [1.29, 1.82) is 0 Å². The standard InChI is InChI=1S/C15H17N5O9S.Na/c1-27-19-9(7-4-30-13(16)17-7)10(23)18-14(5-21)6-28-20(11(14)24)15(12(25)26)3-2-8(22)29-15;/h4,21H,2-3,5-6H2,1H3,(H2,16,17)(H,18,23)(H,25,26);/q;+1/p-1. The number of cyclic esters (lactones) is 1. The number of aliphatic carboxylic acids is 1. The molecule has 0 spiro atoms. The minimum absolute atomic E-state index is 0. The zero-order chi connectivity index (χ0) is 22.1. The molecule has 2 fully saturated rings. The first-order chi connectivity index (χ1) is 14.2. The molecule has 3 heterocycles. The number of thiazole rings is 1. The second-order valence-corrected chi connectivity index (χ2v) is 7.20. The number of nitrogens with two attached hydrogens (primary N) is 1. The molecular weight excluding hydrogens is 449 g/mol. The Morgan fingerprint density at radius 1 is 1.52 bits per heavy atom. The number of hydroxylamine groups is 2. The zero-order valence-corrected chi connectivity index (χ0v) is 19.3. The Labute approximate surface area is 200 Å². The molecular formula is C15H16N5NaO9S. The Hall–Kier alpha value is -2.30. The number of nitrogens with zero attached hydrogens (tertiary/aromatic N) is 3. The summed E-state index contributed by atoms with van der Waals surface area (Å²) in [7, 11) is 1.18. The molecule has 2 saturated heterocycles. The van der Waals surface area contributed by atoms with Crippen LogP contribution in [0.2, 0.25) is 0 Å².